The Bertz CT molecular complexity index is 703. The van der Waals surface area contributed by atoms with Gasteiger partial charge in [-0.05, 0) is 49.5 Å². The van der Waals surface area contributed by atoms with Crippen LogP contribution in [-0.2, 0) is 24.0 Å². The van der Waals surface area contributed by atoms with Crippen molar-refractivity contribution in [1.29, 1.82) is 0 Å². The molecule has 0 aliphatic rings. The van der Waals surface area contributed by atoms with Crippen LogP contribution in [0, 0.1) is 11.8 Å². The largest absolute Gasteiger partial charge is 0.480 e. The van der Waals surface area contributed by atoms with E-state index in [0.29, 0.717) is 18.6 Å². The van der Waals surface area contributed by atoms with E-state index in [9.17, 15) is 29.1 Å². The first-order valence-electron chi connectivity index (χ1n) is 11.4. The number of hydrogen-bond donors (Lipinski definition) is 6. The van der Waals surface area contributed by atoms with E-state index in [-0.39, 0.29) is 31.1 Å². The number of primary amides is 1. The minimum Gasteiger partial charge on any atom is -0.480 e. The molecular formula is C22H41N5O6S. The number of aliphatic carboxylic acids is 1. The van der Waals surface area contributed by atoms with Crippen LogP contribution >= 0.6 is 11.8 Å². The lowest BCUT2D eigenvalue weighted by Gasteiger charge is -2.26. The van der Waals surface area contributed by atoms with Gasteiger partial charge in [-0.1, -0.05) is 27.7 Å². The summed E-state index contributed by atoms with van der Waals surface area (Å²) >= 11 is 1.55. The van der Waals surface area contributed by atoms with Crippen molar-refractivity contribution in [2.75, 3.05) is 12.0 Å². The molecule has 0 radical (unpaired) electrons. The van der Waals surface area contributed by atoms with Crippen LogP contribution in [0.3, 0.4) is 0 Å². The molecule has 0 fully saturated rings. The number of thioether (sulfide) groups is 1. The van der Waals surface area contributed by atoms with Gasteiger partial charge in [-0.25, -0.2) is 4.79 Å². The van der Waals surface area contributed by atoms with Gasteiger partial charge >= 0.3 is 5.97 Å². The summed E-state index contributed by atoms with van der Waals surface area (Å²) in [6.07, 6.45) is 2.52. The van der Waals surface area contributed by atoms with E-state index in [2.05, 4.69) is 16.0 Å². The number of carbonyl (C=O) groups is 5. The molecule has 0 aliphatic carbocycles. The Morgan fingerprint density at radius 2 is 1.26 bits per heavy atom. The van der Waals surface area contributed by atoms with Gasteiger partial charge in [0.15, 0.2) is 0 Å². The third-order valence-corrected chi connectivity index (χ3v) is 5.59. The Hall–Kier alpha value is -2.34. The van der Waals surface area contributed by atoms with E-state index in [1.54, 1.807) is 11.8 Å². The second-order valence-corrected chi connectivity index (χ2v) is 10.2. The quantitative estimate of drug-likeness (QED) is 0.159. The molecule has 0 saturated carbocycles. The summed E-state index contributed by atoms with van der Waals surface area (Å²) in [5, 5.41) is 17.0. The highest BCUT2D eigenvalue weighted by Crippen LogP contribution is 2.10. The van der Waals surface area contributed by atoms with Crippen LogP contribution < -0.4 is 27.4 Å². The summed E-state index contributed by atoms with van der Waals surface area (Å²) in [7, 11) is 0. The van der Waals surface area contributed by atoms with Crippen LogP contribution in [0.25, 0.3) is 0 Å². The predicted molar refractivity (Wildman–Crippen MR) is 132 cm³/mol. The highest BCUT2D eigenvalue weighted by molar-refractivity contribution is 7.98. The van der Waals surface area contributed by atoms with Crippen LogP contribution in [0.5, 0.6) is 0 Å². The van der Waals surface area contributed by atoms with Gasteiger partial charge in [0.1, 0.15) is 18.1 Å². The summed E-state index contributed by atoms with van der Waals surface area (Å²) in [6, 6.07) is -4.09. The van der Waals surface area contributed by atoms with Crippen LogP contribution in [0.4, 0.5) is 0 Å². The Morgan fingerprint density at radius 1 is 0.794 bits per heavy atom. The van der Waals surface area contributed by atoms with Crippen molar-refractivity contribution in [3.63, 3.8) is 0 Å². The zero-order chi connectivity index (χ0) is 26.4. The van der Waals surface area contributed by atoms with Crippen LogP contribution in [-0.4, -0.2) is 70.9 Å². The lowest BCUT2D eigenvalue weighted by atomic mass is 10.0. The smallest absolute Gasteiger partial charge is 0.326 e. The monoisotopic (exact) mass is 503 g/mol. The summed E-state index contributed by atoms with van der Waals surface area (Å²) in [4.78, 5) is 61.1. The molecule has 4 unspecified atom stereocenters. The van der Waals surface area contributed by atoms with Crippen LogP contribution in [0.15, 0.2) is 0 Å². The minimum atomic E-state index is -1.20. The fourth-order valence-electron chi connectivity index (χ4n) is 3.15. The number of hydrogen-bond acceptors (Lipinski definition) is 7. The van der Waals surface area contributed by atoms with Crippen molar-refractivity contribution in [3.8, 4) is 0 Å². The highest BCUT2D eigenvalue weighted by atomic mass is 32.2. The topological polar surface area (TPSA) is 194 Å². The molecule has 0 aromatic carbocycles. The second kappa shape index (κ2) is 16.3. The molecule has 0 bridgehead atoms. The maximum atomic E-state index is 13.0. The highest BCUT2D eigenvalue weighted by Gasteiger charge is 2.31. The van der Waals surface area contributed by atoms with Gasteiger partial charge < -0.3 is 32.5 Å². The van der Waals surface area contributed by atoms with Gasteiger partial charge in [-0.3, -0.25) is 19.2 Å². The van der Waals surface area contributed by atoms with Crippen molar-refractivity contribution in [3.05, 3.63) is 0 Å². The van der Waals surface area contributed by atoms with Crippen LogP contribution in [0.1, 0.15) is 59.8 Å². The molecule has 12 heteroatoms. The third-order valence-electron chi connectivity index (χ3n) is 4.94. The number of rotatable bonds is 17. The van der Waals surface area contributed by atoms with Gasteiger partial charge in [0.2, 0.25) is 23.6 Å². The Balaban J connectivity index is 5.53. The molecule has 0 saturated heterocycles. The lowest BCUT2D eigenvalue weighted by Crippen LogP contribution is -2.57. The summed E-state index contributed by atoms with van der Waals surface area (Å²) in [6.45, 7) is 7.39. The average molecular weight is 504 g/mol. The first-order chi connectivity index (χ1) is 15.8. The van der Waals surface area contributed by atoms with Gasteiger partial charge in [-0.2, -0.15) is 11.8 Å². The molecule has 0 rings (SSSR count). The minimum absolute atomic E-state index is 0.000937. The third kappa shape index (κ3) is 13.4. The Morgan fingerprint density at radius 3 is 1.74 bits per heavy atom. The lowest BCUT2D eigenvalue weighted by molar-refractivity contribution is -0.143. The number of amides is 4. The first-order valence-corrected chi connectivity index (χ1v) is 12.8. The van der Waals surface area contributed by atoms with Gasteiger partial charge in [0.25, 0.3) is 0 Å². The maximum Gasteiger partial charge on any atom is 0.326 e. The van der Waals surface area contributed by atoms with Gasteiger partial charge in [0.05, 0.1) is 6.04 Å². The molecule has 0 heterocycles. The van der Waals surface area contributed by atoms with E-state index in [0.717, 1.165) is 0 Å². The standard InChI is InChI=1S/C22H41N5O6S/c1-12(2)10-16(26-19(29)14(23)8-9-34-5)21(31)25-15(6-7-18(24)28)20(30)27-17(22(32)33)11-13(3)4/h12-17H,6-11,23H2,1-5H3,(H2,24,28)(H,25,31)(H,26,29)(H,27,30)(H,32,33). The number of carbonyl (C=O) groups excluding carboxylic acids is 4. The fraction of sp³-hybridized carbons (Fsp3) is 0.773. The fourth-order valence-corrected chi connectivity index (χ4v) is 3.64. The number of nitrogens with one attached hydrogen (secondary N) is 3. The average Bonchev–Trinajstić information content (AvgIpc) is 2.72. The molecule has 11 nitrogen and oxygen atoms in total. The molecule has 0 spiro atoms. The van der Waals surface area contributed by atoms with E-state index in [1.165, 1.54) is 0 Å². The molecule has 0 aromatic heterocycles. The van der Waals surface area contributed by atoms with Gasteiger partial charge in [-0.15, -0.1) is 0 Å². The Labute approximate surface area is 205 Å². The van der Waals surface area contributed by atoms with Crippen molar-refractivity contribution in [1.82, 2.24) is 16.0 Å². The predicted octanol–water partition coefficient (Wildman–Crippen LogP) is -0.0365. The van der Waals surface area contributed by atoms with Gasteiger partial charge in [0, 0.05) is 6.42 Å². The van der Waals surface area contributed by atoms with E-state index < -0.39 is 53.8 Å². The first kappa shape index (κ1) is 31.7. The molecule has 34 heavy (non-hydrogen) atoms. The molecule has 4 amide bonds. The SMILES string of the molecule is CSCCC(N)C(=O)NC(CC(C)C)C(=O)NC(CCC(N)=O)C(=O)NC(CC(C)C)C(=O)O. The molecular weight excluding hydrogens is 462 g/mol. The van der Waals surface area contributed by atoms with E-state index >= 15 is 0 Å². The summed E-state index contributed by atoms with van der Waals surface area (Å²) in [5.74, 6) is -2.99. The van der Waals surface area contributed by atoms with Crippen LogP contribution in [0.2, 0.25) is 0 Å². The second-order valence-electron chi connectivity index (χ2n) is 9.17. The normalized spacial score (nSPS) is 14.7. The van der Waals surface area contributed by atoms with Crippen molar-refractivity contribution < 1.29 is 29.1 Å². The number of nitrogens with two attached hydrogens (primary N) is 2. The number of carboxylic acids is 1. The molecule has 196 valence electrons. The summed E-state index contributed by atoms with van der Waals surface area (Å²) < 4.78 is 0. The van der Waals surface area contributed by atoms with Crippen molar-refractivity contribution in [2.45, 2.75) is 84.0 Å². The van der Waals surface area contributed by atoms with E-state index in [4.69, 9.17) is 11.5 Å². The summed E-state index contributed by atoms with van der Waals surface area (Å²) in [5.41, 5.74) is 11.1. The van der Waals surface area contributed by atoms with Crippen molar-refractivity contribution in [2.24, 2.45) is 23.3 Å². The Kier molecular flexibility index (Phi) is 15.2. The van der Waals surface area contributed by atoms with Crippen molar-refractivity contribution >= 4 is 41.4 Å². The molecule has 0 aliphatic heterocycles. The molecule has 4 atom stereocenters. The van der Waals surface area contributed by atoms with E-state index in [1.807, 2.05) is 34.0 Å². The molecule has 0 aromatic rings. The zero-order valence-electron chi connectivity index (χ0n) is 20.8. The zero-order valence-corrected chi connectivity index (χ0v) is 21.6. The maximum absolute atomic E-state index is 13.0. The molecule has 8 N–H and O–H groups in total. The number of carboxylic acid groups (broad SMARTS) is 1.